The fourth-order valence-corrected chi connectivity index (χ4v) is 5.37. The first kappa shape index (κ1) is 25.3. The molecule has 35 heavy (non-hydrogen) atoms. The minimum absolute atomic E-state index is 0.106. The van der Waals surface area contributed by atoms with E-state index < -0.39 is 0 Å². The Morgan fingerprint density at radius 1 is 1.03 bits per heavy atom. The number of hydrogen-bond donors (Lipinski definition) is 1. The maximum Gasteiger partial charge on any atom is 0.271 e. The molecule has 180 valence electrons. The Bertz CT molecular complexity index is 1380. The average Bonchev–Trinajstić information content (AvgIpc) is 3.10. The molecule has 3 aromatic rings. The van der Waals surface area contributed by atoms with E-state index in [1.54, 1.807) is 11.0 Å². The number of ether oxygens (including phenoxy) is 1. The lowest BCUT2D eigenvalue weighted by Gasteiger charge is -2.19. The first-order chi connectivity index (χ1) is 16.7. The second-order valence-corrected chi connectivity index (χ2v) is 10.7. The minimum atomic E-state index is -0.131. The zero-order chi connectivity index (χ0) is 25.3. The molecule has 7 heteroatoms. The molecule has 1 N–H and O–H groups in total. The SMILES string of the molecule is CCOc1cc(/C=C2\SC(=Nc3cc(C)ccc3C)N(c3cc(C)ccc3C)C2=O)cc(I)c1O. The van der Waals surface area contributed by atoms with Crippen molar-refractivity contribution < 1.29 is 14.6 Å². The predicted octanol–water partition coefficient (Wildman–Crippen LogP) is 7.44. The summed E-state index contributed by atoms with van der Waals surface area (Å²) in [4.78, 5) is 21.0. The smallest absolute Gasteiger partial charge is 0.271 e. The van der Waals surface area contributed by atoms with E-state index in [4.69, 9.17) is 9.73 Å². The van der Waals surface area contributed by atoms with E-state index in [9.17, 15) is 9.90 Å². The number of benzene rings is 3. The van der Waals surface area contributed by atoms with Crippen molar-refractivity contribution in [2.45, 2.75) is 34.6 Å². The number of amidine groups is 1. The van der Waals surface area contributed by atoms with E-state index in [2.05, 4.69) is 28.7 Å². The van der Waals surface area contributed by atoms with E-state index in [-0.39, 0.29) is 11.7 Å². The monoisotopic (exact) mass is 598 g/mol. The van der Waals surface area contributed by atoms with E-state index in [0.29, 0.717) is 26.0 Å². The number of carbonyl (C=O) groups is 1. The molecule has 0 unspecified atom stereocenters. The van der Waals surface area contributed by atoms with Crippen molar-refractivity contribution in [2.75, 3.05) is 11.5 Å². The van der Waals surface area contributed by atoms with Gasteiger partial charge in [0.1, 0.15) is 0 Å². The van der Waals surface area contributed by atoms with Gasteiger partial charge in [0.25, 0.3) is 5.91 Å². The molecule has 1 saturated heterocycles. The van der Waals surface area contributed by atoms with Gasteiger partial charge >= 0.3 is 0 Å². The number of carbonyl (C=O) groups excluding carboxylic acids is 1. The van der Waals surface area contributed by atoms with E-state index in [1.807, 2.05) is 77.1 Å². The summed E-state index contributed by atoms with van der Waals surface area (Å²) >= 11 is 3.42. The van der Waals surface area contributed by atoms with Gasteiger partial charge in [0.2, 0.25) is 0 Å². The first-order valence-corrected chi connectivity index (χ1v) is 13.2. The van der Waals surface area contributed by atoms with Crippen LogP contribution in [0.5, 0.6) is 11.5 Å². The highest BCUT2D eigenvalue weighted by atomic mass is 127. The summed E-state index contributed by atoms with van der Waals surface area (Å²) < 4.78 is 6.24. The standard InChI is InChI=1S/C28H27IN2O3S/c1-6-34-24-14-20(13-21(29)26(24)32)15-25-27(33)31(23-12-17(3)8-10-19(23)5)28(35-25)30-22-11-16(2)7-9-18(22)4/h7-15,32H,6H2,1-5H3/b25-15-,30-28?. The molecule has 0 spiro atoms. The largest absolute Gasteiger partial charge is 0.504 e. The van der Waals surface area contributed by atoms with Gasteiger partial charge in [-0.05, 0) is 127 Å². The van der Waals surface area contributed by atoms with Crippen LogP contribution in [0.3, 0.4) is 0 Å². The Morgan fingerprint density at radius 2 is 1.71 bits per heavy atom. The molecule has 4 rings (SSSR count). The average molecular weight is 599 g/mol. The molecular weight excluding hydrogens is 571 g/mol. The van der Waals surface area contributed by atoms with Crippen LogP contribution in [0.1, 0.15) is 34.7 Å². The van der Waals surface area contributed by atoms with Crippen LogP contribution in [-0.2, 0) is 4.79 Å². The van der Waals surface area contributed by atoms with E-state index in [0.717, 1.165) is 39.2 Å². The van der Waals surface area contributed by atoms with Gasteiger partial charge in [0.15, 0.2) is 16.7 Å². The highest BCUT2D eigenvalue weighted by Gasteiger charge is 2.35. The van der Waals surface area contributed by atoms with Crippen LogP contribution in [0, 0.1) is 31.3 Å². The fourth-order valence-electron chi connectivity index (χ4n) is 3.76. The second kappa shape index (κ2) is 10.5. The van der Waals surface area contributed by atoms with Crippen LogP contribution < -0.4 is 9.64 Å². The number of nitrogens with zero attached hydrogens (tertiary/aromatic N) is 2. The molecule has 1 amide bonds. The molecule has 1 aliphatic rings. The van der Waals surface area contributed by atoms with Crippen LogP contribution >= 0.6 is 34.4 Å². The Balaban J connectivity index is 1.85. The number of anilines is 1. The van der Waals surface area contributed by atoms with E-state index >= 15 is 0 Å². The quantitative estimate of drug-likeness (QED) is 0.245. The highest BCUT2D eigenvalue weighted by molar-refractivity contribution is 14.1. The van der Waals surface area contributed by atoms with Crippen LogP contribution in [0.2, 0.25) is 0 Å². The molecule has 1 heterocycles. The van der Waals surface area contributed by atoms with Crippen molar-refractivity contribution in [2.24, 2.45) is 4.99 Å². The van der Waals surface area contributed by atoms with Crippen molar-refractivity contribution in [3.8, 4) is 11.5 Å². The summed E-state index contributed by atoms with van der Waals surface area (Å²) in [6, 6.07) is 15.8. The minimum Gasteiger partial charge on any atom is -0.504 e. The summed E-state index contributed by atoms with van der Waals surface area (Å²) in [6.07, 6.45) is 1.83. The third-order valence-electron chi connectivity index (χ3n) is 5.64. The topological polar surface area (TPSA) is 62.1 Å². The third kappa shape index (κ3) is 5.41. The second-order valence-electron chi connectivity index (χ2n) is 8.51. The molecule has 0 aromatic heterocycles. The highest BCUT2D eigenvalue weighted by Crippen LogP contribution is 2.40. The van der Waals surface area contributed by atoms with Gasteiger partial charge in [-0.2, -0.15) is 0 Å². The fraction of sp³-hybridized carbons (Fsp3) is 0.214. The molecule has 3 aromatic carbocycles. The number of phenolic OH excluding ortho intramolecular Hbond substituents is 1. The summed E-state index contributed by atoms with van der Waals surface area (Å²) in [5.74, 6) is 0.375. The molecule has 0 saturated carbocycles. The number of halogens is 1. The molecule has 1 aliphatic heterocycles. The summed E-state index contributed by atoms with van der Waals surface area (Å²) in [6.45, 7) is 10.4. The van der Waals surface area contributed by atoms with Gasteiger partial charge in [0.05, 0.1) is 26.5 Å². The molecule has 0 bridgehead atoms. The normalized spacial score (nSPS) is 15.9. The Labute approximate surface area is 224 Å². The lowest BCUT2D eigenvalue weighted by atomic mass is 10.1. The Kier molecular flexibility index (Phi) is 7.56. The molecular formula is C28H27IN2O3S. The summed E-state index contributed by atoms with van der Waals surface area (Å²) in [7, 11) is 0. The number of amides is 1. The number of aryl methyl sites for hydroxylation is 4. The number of aromatic hydroxyl groups is 1. The van der Waals surface area contributed by atoms with E-state index in [1.165, 1.54) is 11.8 Å². The maximum atomic E-state index is 13.8. The van der Waals surface area contributed by atoms with Crippen molar-refractivity contribution in [1.82, 2.24) is 0 Å². The lowest BCUT2D eigenvalue weighted by Crippen LogP contribution is -2.29. The summed E-state index contributed by atoms with van der Waals surface area (Å²) in [5, 5.41) is 10.9. The third-order valence-corrected chi connectivity index (χ3v) is 7.43. The Morgan fingerprint density at radius 3 is 2.43 bits per heavy atom. The molecule has 5 nitrogen and oxygen atoms in total. The van der Waals surface area contributed by atoms with Gasteiger partial charge in [-0.1, -0.05) is 24.3 Å². The zero-order valence-corrected chi connectivity index (χ0v) is 23.3. The van der Waals surface area contributed by atoms with Gasteiger partial charge in [0, 0.05) is 0 Å². The number of rotatable bonds is 5. The zero-order valence-electron chi connectivity index (χ0n) is 20.3. The number of thioether (sulfide) groups is 1. The van der Waals surface area contributed by atoms with Gasteiger partial charge in [-0.25, -0.2) is 4.99 Å². The Hall–Kier alpha value is -2.78. The van der Waals surface area contributed by atoms with Crippen LogP contribution in [-0.4, -0.2) is 22.8 Å². The summed E-state index contributed by atoms with van der Waals surface area (Å²) in [5.41, 5.74) is 6.67. The number of hydrogen-bond acceptors (Lipinski definition) is 5. The van der Waals surface area contributed by atoms with Crippen molar-refractivity contribution in [3.05, 3.63) is 84.8 Å². The number of aliphatic imine (C=N–C) groups is 1. The van der Waals surface area contributed by atoms with Gasteiger partial charge < -0.3 is 9.84 Å². The molecule has 1 fully saturated rings. The lowest BCUT2D eigenvalue weighted by molar-refractivity contribution is -0.113. The predicted molar refractivity (Wildman–Crippen MR) is 154 cm³/mol. The maximum absolute atomic E-state index is 13.8. The van der Waals surface area contributed by atoms with Crippen LogP contribution in [0.15, 0.2) is 58.4 Å². The van der Waals surface area contributed by atoms with Crippen molar-refractivity contribution in [1.29, 1.82) is 0 Å². The van der Waals surface area contributed by atoms with Gasteiger partial charge in [-0.15, -0.1) is 0 Å². The van der Waals surface area contributed by atoms with Crippen LogP contribution in [0.4, 0.5) is 11.4 Å². The van der Waals surface area contributed by atoms with Crippen molar-refractivity contribution in [3.63, 3.8) is 0 Å². The molecule has 0 atom stereocenters. The molecule has 0 aliphatic carbocycles. The molecule has 0 radical (unpaired) electrons. The van der Waals surface area contributed by atoms with Crippen molar-refractivity contribution >= 4 is 62.9 Å². The number of phenols is 1. The van der Waals surface area contributed by atoms with Crippen LogP contribution in [0.25, 0.3) is 6.08 Å². The first-order valence-electron chi connectivity index (χ1n) is 11.3. The van der Waals surface area contributed by atoms with Gasteiger partial charge in [-0.3, -0.25) is 9.69 Å².